The number of rotatable bonds is 7. The van der Waals surface area contributed by atoms with E-state index in [0.29, 0.717) is 54.2 Å². The molecule has 1 fully saturated rings. The zero-order chi connectivity index (χ0) is 46.5. The molecule has 18 nitrogen and oxygen atoms in total. The van der Waals surface area contributed by atoms with Crippen molar-refractivity contribution >= 4 is 50.6 Å². The number of nitrogens with zero attached hydrogens (tertiary/aromatic N) is 4. The van der Waals surface area contributed by atoms with Gasteiger partial charge >= 0.3 is 5.97 Å². The van der Waals surface area contributed by atoms with Gasteiger partial charge < -0.3 is 41.5 Å². The van der Waals surface area contributed by atoms with Gasteiger partial charge in [0.25, 0.3) is 10.0 Å². The molecule has 0 saturated carbocycles. The number of carbonyl (C=O) groups excluding carboxylic acids is 4. The van der Waals surface area contributed by atoms with Crippen molar-refractivity contribution < 1.29 is 37.1 Å². The van der Waals surface area contributed by atoms with Crippen molar-refractivity contribution in [3.8, 4) is 11.6 Å². The molecule has 3 amide bonds. The van der Waals surface area contributed by atoms with Crippen molar-refractivity contribution in [3.63, 3.8) is 0 Å². The summed E-state index contributed by atoms with van der Waals surface area (Å²) in [6, 6.07) is 3.34. The number of aromatic nitrogens is 3. The van der Waals surface area contributed by atoms with E-state index < -0.39 is 69.1 Å². The molecule has 1 saturated heterocycles. The average molecular weight is 901 g/mol. The second-order valence-electron chi connectivity index (χ2n) is 18.7. The van der Waals surface area contributed by atoms with Gasteiger partial charge in [0.2, 0.25) is 23.7 Å². The predicted molar refractivity (Wildman–Crippen MR) is 240 cm³/mol. The molecular weight excluding hydrogens is 841 g/mol. The zero-order valence-corrected chi connectivity index (χ0v) is 38.6. The number of nitrogens with two attached hydrogens (primary N) is 2. The Kier molecular flexibility index (Phi) is 12.6. The highest BCUT2D eigenvalue weighted by atomic mass is 32.2. The van der Waals surface area contributed by atoms with Gasteiger partial charge in [0, 0.05) is 60.6 Å². The van der Waals surface area contributed by atoms with Crippen LogP contribution in [0.25, 0.3) is 16.7 Å². The fourth-order valence-electron chi connectivity index (χ4n) is 8.98. The first kappa shape index (κ1) is 46.1. The number of aliphatic imine (C=N–C) groups is 1. The minimum atomic E-state index is -4.17. The largest absolute Gasteiger partial charge is 0.487 e. The van der Waals surface area contributed by atoms with Gasteiger partial charge in [-0.3, -0.25) is 23.9 Å². The highest BCUT2D eigenvalue weighted by molar-refractivity contribution is 7.90. The summed E-state index contributed by atoms with van der Waals surface area (Å²) in [7, 11) is -4.17. The number of amides is 3. The molecule has 4 atom stereocenters. The standard InChI is InChI=1S/C45H60N10O8S/c1-24-25(2)37(26(3)30-21-45(7,8)62-36(24)30)64(60,61)53-43(47)48-17-11-15-33-39(56)52-34(42(59)63-44(4,5)6)19-27-22-54(23-49-27)38-29(28-13-9-10-14-32(28)50-38)20-31(46)41(58)55-18-12-16-35(55)40(57)51-33/h9-10,13-14,22-23,31,33-35,50H,11-12,15-21,46H2,1-8H3,(H,51,57)(H,52,56)(H3,47,48,53)/t31-,33-,34-,35-/m0/s1. The smallest absolute Gasteiger partial charge is 0.329 e. The number of carbonyl (C=O) groups is 4. The Morgan fingerprint density at radius 2 is 1.78 bits per heavy atom. The molecular formula is C45H60N10O8S. The normalized spacial score (nSPS) is 21.9. The van der Waals surface area contributed by atoms with Crippen LogP contribution in [0.2, 0.25) is 0 Å². The van der Waals surface area contributed by atoms with Gasteiger partial charge in [-0.05, 0) is 104 Å². The molecule has 344 valence electrons. The van der Waals surface area contributed by atoms with Gasteiger partial charge in [0.15, 0.2) is 0 Å². The summed E-state index contributed by atoms with van der Waals surface area (Å²) < 4.78 is 43.6. The minimum Gasteiger partial charge on any atom is -0.487 e. The number of sulfonamides is 1. The second kappa shape index (κ2) is 17.6. The van der Waals surface area contributed by atoms with Crippen LogP contribution in [0.3, 0.4) is 0 Å². The van der Waals surface area contributed by atoms with E-state index in [0.717, 1.165) is 27.6 Å². The Balaban J connectivity index is 1.14. The number of aromatic amines is 1. The van der Waals surface area contributed by atoms with Crippen molar-refractivity contribution in [1.82, 2.24) is 34.8 Å². The predicted octanol–water partition coefficient (Wildman–Crippen LogP) is 2.79. The third-order valence-corrected chi connectivity index (χ3v) is 13.7. The number of benzene rings is 2. The van der Waals surface area contributed by atoms with Crippen molar-refractivity contribution in [2.45, 2.75) is 141 Å². The van der Waals surface area contributed by atoms with Crippen LogP contribution in [0.1, 0.15) is 93.8 Å². The highest BCUT2D eigenvalue weighted by Gasteiger charge is 2.40. The Morgan fingerprint density at radius 1 is 1.05 bits per heavy atom. The minimum absolute atomic E-state index is 0.0106. The van der Waals surface area contributed by atoms with E-state index in [1.807, 2.05) is 45.0 Å². The number of esters is 1. The lowest BCUT2D eigenvalue weighted by Crippen LogP contribution is -2.57. The number of nitrogens with one attached hydrogen (secondary N) is 4. The number of para-hydroxylation sites is 1. The summed E-state index contributed by atoms with van der Waals surface area (Å²) in [5.41, 5.74) is 16.2. The van der Waals surface area contributed by atoms with E-state index in [-0.39, 0.29) is 43.1 Å². The lowest BCUT2D eigenvalue weighted by atomic mass is 9.94. The monoisotopic (exact) mass is 900 g/mol. The molecule has 3 aliphatic heterocycles. The van der Waals surface area contributed by atoms with Crippen molar-refractivity contribution in [2.75, 3.05) is 13.1 Å². The maximum absolute atomic E-state index is 14.3. The SMILES string of the molecule is Cc1c(C)c(S(=O)(=O)NC(N)=NCCC[C@@H]2NC(=O)[C@@H]3CCCN3C(=O)[C@@H](N)Cc3c([nH]c4ccccc34)-n3cnc(c3)C[C@@H](C(=O)OC(C)(C)C)NC2=O)c(C)c2c1OC(C)(C)C2. The van der Waals surface area contributed by atoms with Crippen molar-refractivity contribution in [1.29, 1.82) is 0 Å². The Morgan fingerprint density at radius 3 is 2.52 bits per heavy atom. The van der Waals surface area contributed by atoms with Crippen LogP contribution < -0.4 is 31.6 Å². The van der Waals surface area contributed by atoms with E-state index in [2.05, 4.69) is 30.3 Å². The number of H-pyrrole nitrogens is 1. The molecule has 0 unspecified atom stereocenters. The van der Waals surface area contributed by atoms with Crippen LogP contribution in [0.4, 0.5) is 0 Å². The lowest BCUT2D eigenvalue weighted by Gasteiger charge is -2.29. The van der Waals surface area contributed by atoms with E-state index in [1.165, 1.54) is 4.90 Å². The molecule has 64 heavy (non-hydrogen) atoms. The van der Waals surface area contributed by atoms with Gasteiger partial charge in [-0.1, -0.05) is 18.2 Å². The number of fused-ring (bicyclic) bond motifs is 8. The first-order chi connectivity index (χ1) is 30.0. The molecule has 0 spiro atoms. The first-order valence-corrected chi connectivity index (χ1v) is 23.2. The fraction of sp³-hybridized carbons (Fsp3) is 0.511. The fourth-order valence-corrected chi connectivity index (χ4v) is 10.5. The van der Waals surface area contributed by atoms with E-state index in [4.69, 9.17) is 20.9 Å². The number of guanidine groups is 1. The molecule has 2 aromatic carbocycles. The average Bonchev–Trinajstić information content (AvgIpc) is 4.02. The van der Waals surface area contributed by atoms with E-state index in [1.54, 1.807) is 51.7 Å². The Hall–Kier alpha value is -5.95. The number of imidazole rings is 1. The Bertz CT molecular complexity index is 2640. The van der Waals surface area contributed by atoms with Crippen LogP contribution in [0.15, 0.2) is 46.7 Å². The molecule has 0 radical (unpaired) electrons. The zero-order valence-electron chi connectivity index (χ0n) is 37.8. The van der Waals surface area contributed by atoms with Crippen LogP contribution >= 0.6 is 0 Å². The summed E-state index contributed by atoms with van der Waals surface area (Å²) in [5.74, 6) is -1.35. The van der Waals surface area contributed by atoms with Gasteiger partial charge in [-0.15, -0.1) is 0 Å². The van der Waals surface area contributed by atoms with Gasteiger partial charge in [-0.25, -0.2) is 22.9 Å². The quantitative estimate of drug-likeness (QED) is 0.0681. The van der Waals surface area contributed by atoms with E-state index in [9.17, 15) is 27.6 Å². The van der Waals surface area contributed by atoms with Crippen molar-refractivity contribution in [3.05, 3.63) is 70.3 Å². The molecule has 2 bridgehead atoms. The van der Waals surface area contributed by atoms with Gasteiger partial charge in [0.1, 0.15) is 47.2 Å². The van der Waals surface area contributed by atoms with Crippen LogP contribution in [0, 0.1) is 20.8 Å². The Labute approximate surface area is 373 Å². The van der Waals surface area contributed by atoms with Gasteiger partial charge in [-0.2, -0.15) is 0 Å². The number of hydrogen-bond acceptors (Lipinski definition) is 11. The number of ether oxygens (including phenoxy) is 2. The summed E-state index contributed by atoms with van der Waals surface area (Å²) in [6.07, 6.45) is 5.04. The van der Waals surface area contributed by atoms with Crippen LogP contribution in [-0.2, 0) is 53.2 Å². The molecule has 4 aromatic rings. The summed E-state index contributed by atoms with van der Waals surface area (Å²) >= 11 is 0. The number of hydrogen-bond donors (Lipinski definition) is 6. The topological polar surface area (TPSA) is 258 Å². The maximum Gasteiger partial charge on any atom is 0.329 e. The summed E-state index contributed by atoms with van der Waals surface area (Å²) in [5, 5.41) is 6.52. The molecule has 19 heteroatoms. The summed E-state index contributed by atoms with van der Waals surface area (Å²) in [4.78, 5) is 70.1. The van der Waals surface area contributed by atoms with Gasteiger partial charge in [0.05, 0.1) is 16.6 Å². The first-order valence-electron chi connectivity index (χ1n) is 21.7. The maximum atomic E-state index is 14.3. The van der Waals surface area contributed by atoms with Crippen LogP contribution in [-0.4, -0.2) is 106 Å². The van der Waals surface area contributed by atoms with E-state index >= 15 is 0 Å². The molecule has 5 heterocycles. The molecule has 2 aromatic heterocycles. The van der Waals surface area contributed by atoms with Crippen LogP contribution in [0.5, 0.6) is 5.75 Å². The summed E-state index contributed by atoms with van der Waals surface area (Å²) in [6.45, 7) is 14.6. The molecule has 7 rings (SSSR count). The third-order valence-electron chi connectivity index (χ3n) is 12.1. The molecule has 8 N–H and O–H groups in total. The lowest BCUT2D eigenvalue weighted by molar-refractivity contribution is -0.158. The molecule has 3 aliphatic rings. The third kappa shape index (κ3) is 9.60. The molecule has 0 aliphatic carbocycles. The second-order valence-corrected chi connectivity index (χ2v) is 20.3. The highest BCUT2D eigenvalue weighted by Crippen LogP contribution is 2.43. The van der Waals surface area contributed by atoms with Crippen molar-refractivity contribution in [2.24, 2.45) is 16.5 Å².